The summed E-state index contributed by atoms with van der Waals surface area (Å²) in [6, 6.07) is 10.8. The lowest BCUT2D eigenvalue weighted by atomic mass is 10.3. The van der Waals surface area contributed by atoms with Crippen LogP contribution in [0.2, 0.25) is 0 Å². The summed E-state index contributed by atoms with van der Waals surface area (Å²) in [7, 11) is 0. The van der Waals surface area contributed by atoms with Gasteiger partial charge in [0.25, 0.3) is 0 Å². The summed E-state index contributed by atoms with van der Waals surface area (Å²) in [6.45, 7) is 1.64. The lowest BCUT2D eigenvalue weighted by molar-refractivity contribution is 0.602. The van der Waals surface area contributed by atoms with E-state index in [1.807, 2.05) is 24.4 Å². The Labute approximate surface area is 111 Å². The highest BCUT2D eigenvalue weighted by Crippen LogP contribution is 2.20. The van der Waals surface area contributed by atoms with Crippen molar-refractivity contribution in [3.8, 4) is 0 Å². The first-order chi connectivity index (χ1) is 8.86. The molecule has 0 fully saturated rings. The van der Waals surface area contributed by atoms with Crippen LogP contribution in [0.3, 0.4) is 0 Å². The third kappa shape index (κ3) is 4.13. The van der Waals surface area contributed by atoms with Crippen molar-refractivity contribution < 1.29 is 4.39 Å². The quantitative estimate of drug-likeness (QED) is 0.639. The Kier molecular flexibility index (Phi) is 5.17. The average Bonchev–Trinajstić information content (AvgIpc) is 2.42. The molecular weight excluding hydrogens is 247 g/mol. The van der Waals surface area contributed by atoms with E-state index in [9.17, 15) is 4.39 Å². The molecule has 0 saturated carbocycles. The first kappa shape index (κ1) is 13.1. The van der Waals surface area contributed by atoms with Crippen molar-refractivity contribution in [2.45, 2.75) is 11.4 Å². The number of hydrogen-bond donors (Lipinski definition) is 1. The van der Waals surface area contributed by atoms with Crippen LogP contribution in [0.5, 0.6) is 0 Å². The molecule has 2 aromatic rings. The monoisotopic (exact) mass is 262 g/mol. The summed E-state index contributed by atoms with van der Waals surface area (Å²) in [5.41, 5.74) is 1.16. The third-order valence-corrected chi connectivity index (χ3v) is 3.48. The maximum atomic E-state index is 13.3. The number of aromatic nitrogens is 1. The molecule has 0 spiro atoms. The molecule has 1 heterocycles. The molecule has 1 aromatic carbocycles. The topological polar surface area (TPSA) is 24.9 Å². The Morgan fingerprint density at radius 3 is 2.83 bits per heavy atom. The average molecular weight is 262 g/mol. The second-order valence-corrected chi connectivity index (χ2v) is 4.95. The van der Waals surface area contributed by atoms with Crippen molar-refractivity contribution in [2.24, 2.45) is 0 Å². The van der Waals surface area contributed by atoms with Crippen LogP contribution in [0.15, 0.2) is 53.7 Å². The number of nitrogens with zero attached hydrogens (tertiary/aromatic N) is 1. The fourth-order valence-corrected chi connectivity index (χ4v) is 2.38. The molecule has 0 aliphatic rings. The lowest BCUT2D eigenvalue weighted by Crippen LogP contribution is -2.16. The molecule has 0 saturated heterocycles. The molecule has 18 heavy (non-hydrogen) atoms. The highest BCUT2D eigenvalue weighted by atomic mass is 32.2. The predicted molar refractivity (Wildman–Crippen MR) is 73.1 cm³/mol. The maximum Gasteiger partial charge on any atom is 0.136 e. The Morgan fingerprint density at radius 1 is 1.17 bits per heavy atom. The summed E-state index contributed by atoms with van der Waals surface area (Å²) in [5, 5.41) is 3.31. The van der Waals surface area contributed by atoms with E-state index in [1.54, 1.807) is 18.3 Å². The molecule has 0 bridgehead atoms. The van der Waals surface area contributed by atoms with Gasteiger partial charge >= 0.3 is 0 Å². The van der Waals surface area contributed by atoms with Gasteiger partial charge in [0.2, 0.25) is 0 Å². The second-order valence-electron chi connectivity index (χ2n) is 3.82. The van der Waals surface area contributed by atoms with E-state index in [0.717, 1.165) is 24.4 Å². The fraction of sp³-hybridized carbons (Fsp3) is 0.214. The minimum Gasteiger partial charge on any atom is -0.312 e. The highest BCUT2D eigenvalue weighted by molar-refractivity contribution is 7.99. The molecule has 0 amide bonds. The molecule has 2 rings (SSSR count). The van der Waals surface area contributed by atoms with Crippen LogP contribution in [0.4, 0.5) is 4.39 Å². The summed E-state index contributed by atoms with van der Waals surface area (Å²) >= 11 is 1.53. The van der Waals surface area contributed by atoms with E-state index in [0.29, 0.717) is 4.90 Å². The van der Waals surface area contributed by atoms with Crippen LogP contribution in [0, 0.1) is 5.82 Å². The van der Waals surface area contributed by atoms with Crippen molar-refractivity contribution in [3.63, 3.8) is 0 Å². The number of nitrogens with one attached hydrogen (secondary N) is 1. The van der Waals surface area contributed by atoms with Gasteiger partial charge in [-0.15, -0.1) is 11.8 Å². The smallest absolute Gasteiger partial charge is 0.136 e. The molecule has 0 aliphatic heterocycles. The molecule has 0 atom stereocenters. The van der Waals surface area contributed by atoms with Crippen LogP contribution >= 0.6 is 11.8 Å². The Balaban J connectivity index is 1.66. The van der Waals surface area contributed by atoms with Crippen molar-refractivity contribution in [3.05, 3.63) is 60.2 Å². The van der Waals surface area contributed by atoms with E-state index in [2.05, 4.69) is 10.3 Å². The number of rotatable bonds is 6. The van der Waals surface area contributed by atoms with Gasteiger partial charge in [-0.2, -0.15) is 0 Å². The van der Waals surface area contributed by atoms with Crippen LogP contribution < -0.4 is 5.32 Å². The van der Waals surface area contributed by atoms with Crippen LogP contribution in [-0.4, -0.2) is 17.3 Å². The van der Waals surface area contributed by atoms with Gasteiger partial charge in [-0.3, -0.25) is 4.98 Å². The Morgan fingerprint density at radius 2 is 2.06 bits per heavy atom. The number of hydrogen-bond acceptors (Lipinski definition) is 3. The van der Waals surface area contributed by atoms with Crippen molar-refractivity contribution in [1.82, 2.24) is 10.3 Å². The first-order valence-corrected chi connectivity index (χ1v) is 6.82. The van der Waals surface area contributed by atoms with Crippen molar-refractivity contribution in [2.75, 3.05) is 12.3 Å². The van der Waals surface area contributed by atoms with E-state index < -0.39 is 0 Å². The SMILES string of the molecule is Fc1ccccc1SCCNCc1cccnc1. The maximum absolute atomic E-state index is 13.3. The standard InChI is InChI=1S/C14H15FN2S/c15-13-5-1-2-6-14(13)18-9-8-17-11-12-4-3-7-16-10-12/h1-7,10,17H,8-9,11H2. The summed E-state index contributed by atoms with van der Waals surface area (Å²) in [4.78, 5) is 4.76. The van der Waals surface area contributed by atoms with Crippen LogP contribution in [0.1, 0.15) is 5.56 Å². The molecule has 1 N–H and O–H groups in total. The van der Waals surface area contributed by atoms with E-state index in [4.69, 9.17) is 0 Å². The van der Waals surface area contributed by atoms with Crippen molar-refractivity contribution >= 4 is 11.8 Å². The first-order valence-electron chi connectivity index (χ1n) is 5.83. The zero-order chi connectivity index (χ0) is 12.6. The Hall–Kier alpha value is -1.39. The van der Waals surface area contributed by atoms with Gasteiger partial charge in [0.05, 0.1) is 0 Å². The largest absolute Gasteiger partial charge is 0.312 e. The van der Waals surface area contributed by atoms with Gasteiger partial charge in [0.15, 0.2) is 0 Å². The van der Waals surface area contributed by atoms with Crippen LogP contribution in [-0.2, 0) is 6.54 Å². The van der Waals surface area contributed by atoms with Gasteiger partial charge in [0.1, 0.15) is 5.82 Å². The molecule has 0 aliphatic carbocycles. The number of halogens is 1. The number of pyridine rings is 1. The molecule has 4 heteroatoms. The highest BCUT2D eigenvalue weighted by Gasteiger charge is 2.00. The zero-order valence-electron chi connectivity index (χ0n) is 9.97. The second kappa shape index (κ2) is 7.13. The lowest BCUT2D eigenvalue weighted by Gasteiger charge is -2.05. The van der Waals surface area contributed by atoms with Gasteiger partial charge < -0.3 is 5.32 Å². The van der Waals surface area contributed by atoms with Crippen molar-refractivity contribution in [1.29, 1.82) is 0 Å². The third-order valence-electron chi connectivity index (χ3n) is 2.42. The molecule has 2 nitrogen and oxygen atoms in total. The zero-order valence-corrected chi connectivity index (χ0v) is 10.8. The molecular formula is C14H15FN2S. The van der Waals surface area contributed by atoms with E-state index in [-0.39, 0.29) is 5.82 Å². The molecule has 0 radical (unpaired) electrons. The van der Waals surface area contributed by atoms with E-state index >= 15 is 0 Å². The predicted octanol–water partition coefficient (Wildman–Crippen LogP) is 3.10. The fourth-order valence-electron chi connectivity index (χ4n) is 1.53. The summed E-state index contributed by atoms with van der Waals surface area (Å²) in [5.74, 6) is 0.705. The summed E-state index contributed by atoms with van der Waals surface area (Å²) < 4.78 is 13.3. The minimum absolute atomic E-state index is 0.144. The normalized spacial score (nSPS) is 10.5. The van der Waals surface area contributed by atoms with E-state index in [1.165, 1.54) is 17.8 Å². The van der Waals surface area contributed by atoms with Gasteiger partial charge in [-0.05, 0) is 23.8 Å². The molecule has 94 valence electrons. The summed E-state index contributed by atoms with van der Waals surface area (Å²) in [6.07, 6.45) is 3.61. The van der Waals surface area contributed by atoms with Gasteiger partial charge in [-0.25, -0.2) is 4.39 Å². The molecule has 1 aromatic heterocycles. The van der Waals surface area contributed by atoms with Crippen LogP contribution in [0.25, 0.3) is 0 Å². The number of benzene rings is 1. The number of thioether (sulfide) groups is 1. The minimum atomic E-state index is -0.144. The van der Waals surface area contributed by atoms with Gasteiger partial charge in [-0.1, -0.05) is 18.2 Å². The molecule has 0 unspecified atom stereocenters. The van der Waals surface area contributed by atoms with Gasteiger partial charge in [0, 0.05) is 36.1 Å². The Bertz CT molecular complexity index is 476.